The molecule has 3 heterocycles. The van der Waals surface area contributed by atoms with Crippen molar-refractivity contribution in [2.75, 3.05) is 13.1 Å². The average molecular weight is 321 g/mol. The fourth-order valence-corrected chi connectivity index (χ4v) is 3.15. The Kier molecular flexibility index (Phi) is 4.29. The number of hydrogen-bond donors (Lipinski definition) is 0. The zero-order valence-electron chi connectivity index (χ0n) is 13.4. The lowest BCUT2D eigenvalue weighted by Gasteiger charge is -2.31. The summed E-state index contributed by atoms with van der Waals surface area (Å²) in [5, 5.41) is 8.38. The number of likely N-dealkylation sites (tertiary alicyclic amines) is 1. The molecule has 0 spiro atoms. The molecule has 4 rings (SSSR count). The van der Waals surface area contributed by atoms with Crippen molar-refractivity contribution in [3.63, 3.8) is 0 Å². The first-order valence-corrected chi connectivity index (χ1v) is 8.24. The standard InChI is InChI=1S/C18H19N5O/c1-2-5-14(6-3-1)12-23-10-4-7-15(13-23)17-21-22-18(24-17)16-11-19-8-9-20-16/h1-3,5-6,8-9,11,15H,4,7,10,12-13H2/t15-/m0/s1. The maximum Gasteiger partial charge on any atom is 0.267 e. The molecular formula is C18H19N5O. The van der Waals surface area contributed by atoms with Crippen molar-refractivity contribution in [3.05, 3.63) is 60.4 Å². The molecule has 0 aliphatic carbocycles. The molecule has 0 saturated carbocycles. The molecule has 0 unspecified atom stereocenters. The number of piperidine rings is 1. The summed E-state index contributed by atoms with van der Waals surface area (Å²) in [7, 11) is 0. The van der Waals surface area contributed by atoms with Crippen molar-refractivity contribution < 1.29 is 4.42 Å². The lowest BCUT2D eigenvalue weighted by molar-refractivity contribution is 0.186. The van der Waals surface area contributed by atoms with Crippen LogP contribution in [0.15, 0.2) is 53.3 Å². The molecule has 6 heteroatoms. The quantitative estimate of drug-likeness (QED) is 0.736. The van der Waals surface area contributed by atoms with Crippen LogP contribution in [0.25, 0.3) is 11.6 Å². The Morgan fingerprint density at radius 3 is 2.88 bits per heavy atom. The smallest absolute Gasteiger partial charge is 0.267 e. The van der Waals surface area contributed by atoms with E-state index in [0.717, 1.165) is 32.5 Å². The molecule has 1 atom stereocenters. The second kappa shape index (κ2) is 6.88. The predicted octanol–water partition coefficient (Wildman–Crippen LogP) is 2.91. The Morgan fingerprint density at radius 2 is 2.04 bits per heavy atom. The van der Waals surface area contributed by atoms with Crippen molar-refractivity contribution in [2.45, 2.75) is 25.3 Å². The molecule has 0 bridgehead atoms. The minimum Gasteiger partial charge on any atom is -0.419 e. The normalized spacial score (nSPS) is 18.6. The Labute approximate surface area is 140 Å². The van der Waals surface area contributed by atoms with Crippen LogP contribution in [-0.2, 0) is 6.54 Å². The van der Waals surface area contributed by atoms with Crippen molar-refractivity contribution in [3.8, 4) is 11.6 Å². The molecular weight excluding hydrogens is 302 g/mol. The first-order chi connectivity index (χ1) is 11.9. The van der Waals surface area contributed by atoms with E-state index in [0.29, 0.717) is 17.5 Å². The van der Waals surface area contributed by atoms with Crippen molar-refractivity contribution in [1.29, 1.82) is 0 Å². The summed E-state index contributed by atoms with van der Waals surface area (Å²) in [5.41, 5.74) is 1.96. The molecule has 0 radical (unpaired) electrons. The second-order valence-corrected chi connectivity index (χ2v) is 6.10. The molecule has 1 fully saturated rings. The molecule has 24 heavy (non-hydrogen) atoms. The van der Waals surface area contributed by atoms with E-state index in [-0.39, 0.29) is 5.92 Å². The zero-order chi connectivity index (χ0) is 16.2. The molecule has 1 saturated heterocycles. The van der Waals surface area contributed by atoms with Crippen molar-refractivity contribution in [2.24, 2.45) is 0 Å². The minimum absolute atomic E-state index is 0.278. The number of nitrogens with zero attached hydrogens (tertiary/aromatic N) is 5. The van der Waals surface area contributed by atoms with Crippen LogP contribution in [0.2, 0.25) is 0 Å². The van der Waals surface area contributed by atoms with Crippen molar-refractivity contribution >= 4 is 0 Å². The van der Waals surface area contributed by atoms with Crippen LogP contribution in [0.4, 0.5) is 0 Å². The largest absolute Gasteiger partial charge is 0.419 e. The fraction of sp³-hybridized carbons (Fsp3) is 0.333. The second-order valence-electron chi connectivity index (χ2n) is 6.10. The van der Waals surface area contributed by atoms with E-state index >= 15 is 0 Å². The SMILES string of the molecule is c1ccc(CN2CCC[C@H](c3nnc(-c4cnccn4)o3)C2)cc1. The molecule has 0 amide bonds. The molecule has 0 N–H and O–H groups in total. The van der Waals surface area contributed by atoms with Gasteiger partial charge in [0.05, 0.1) is 12.1 Å². The lowest BCUT2D eigenvalue weighted by atomic mass is 9.97. The van der Waals surface area contributed by atoms with Gasteiger partial charge in [0.2, 0.25) is 5.89 Å². The predicted molar refractivity (Wildman–Crippen MR) is 89.0 cm³/mol. The van der Waals surface area contributed by atoms with E-state index in [1.54, 1.807) is 18.6 Å². The van der Waals surface area contributed by atoms with Gasteiger partial charge in [-0.2, -0.15) is 0 Å². The molecule has 122 valence electrons. The highest BCUT2D eigenvalue weighted by Gasteiger charge is 2.26. The lowest BCUT2D eigenvalue weighted by Crippen LogP contribution is -2.34. The topological polar surface area (TPSA) is 67.9 Å². The van der Waals surface area contributed by atoms with Crippen LogP contribution >= 0.6 is 0 Å². The summed E-state index contributed by atoms with van der Waals surface area (Å²) >= 11 is 0. The van der Waals surface area contributed by atoms with Gasteiger partial charge in [-0.15, -0.1) is 10.2 Å². The summed E-state index contributed by atoms with van der Waals surface area (Å²) in [6.07, 6.45) is 7.11. The zero-order valence-corrected chi connectivity index (χ0v) is 13.4. The van der Waals surface area contributed by atoms with Gasteiger partial charge in [0.1, 0.15) is 5.69 Å². The van der Waals surface area contributed by atoms with E-state index in [2.05, 4.69) is 55.4 Å². The van der Waals surface area contributed by atoms with Crippen LogP contribution < -0.4 is 0 Å². The Balaban J connectivity index is 1.45. The van der Waals surface area contributed by atoms with Crippen LogP contribution in [0.1, 0.15) is 30.2 Å². The summed E-state index contributed by atoms with van der Waals surface area (Å²) in [6.45, 7) is 3.01. The third-order valence-corrected chi connectivity index (χ3v) is 4.33. The van der Waals surface area contributed by atoms with E-state index in [4.69, 9.17) is 4.42 Å². The number of aromatic nitrogens is 4. The van der Waals surface area contributed by atoms with Gasteiger partial charge < -0.3 is 4.42 Å². The Morgan fingerprint density at radius 1 is 1.12 bits per heavy atom. The van der Waals surface area contributed by atoms with Gasteiger partial charge >= 0.3 is 0 Å². The molecule has 1 aromatic carbocycles. The first kappa shape index (κ1) is 15.0. The maximum atomic E-state index is 5.86. The molecule has 2 aromatic heterocycles. The Bertz CT molecular complexity index is 774. The molecule has 3 aromatic rings. The number of benzene rings is 1. The van der Waals surface area contributed by atoms with Gasteiger partial charge in [-0.25, -0.2) is 4.98 Å². The third-order valence-electron chi connectivity index (χ3n) is 4.33. The monoisotopic (exact) mass is 321 g/mol. The first-order valence-electron chi connectivity index (χ1n) is 8.24. The summed E-state index contributed by atoms with van der Waals surface area (Å²) in [5.74, 6) is 1.42. The molecule has 6 nitrogen and oxygen atoms in total. The van der Waals surface area contributed by atoms with Crippen molar-refractivity contribution in [1.82, 2.24) is 25.1 Å². The fourth-order valence-electron chi connectivity index (χ4n) is 3.15. The highest BCUT2D eigenvalue weighted by molar-refractivity contribution is 5.43. The highest BCUT2D eigenvalue weighted by Crippen LogP contribution is 2.28. The third kappa shape index (κ3) is 3.33. The van der Waals surface area contributed by atoms with Gasteiger partial charge in [-0.05, 0) is 24.9 Å². The average Bonchev–Trinajstić information content (AvgIpc) is 3.14. The minimum atomic E-state index is 0.278. The summed E-state index contributed by atoms with van der Waals surface area (Å²) < 4.78 is 5.86. The maximum absolute atomic E-state index is 5.86. The van der Waals surface area contributed by atoms with Crippen LogP contribution in [0.5, 0.6) is 0 Å². The van der Waals surface area contributed by atoms with Gasteiger partial charge in [-0.3, -0.25) is 9.88 Å². The Hall–Kier alpha value is -2.60. The van der Waals surface area contributed by atoms with Crippen LogP contribution in [-0.4, -0.2) is 38.2 Å². The van der Waals surface area contributed by atoms with E-state index in [9.17, 15) is 0 Å². The van der Waals surface area contributed by atoms with E-state index < -0.39 is 0 Å². The van der Waals surface area contributed by atoms with Crippen LogP contribution in [0.3, 0.4) is 0 Å². The molecule has 1 aliphatic rings. The van der Waals surface area contributed by atoms with E-state index in [1.165, 1.54) is 5.56 Å². The van der Waals surface area contributed by atoms with E-state index in [1.807, 2.05) is 0 Å². The highest BCUT2D eigenvalue weighted by atomic mass is 16.4. The van der Waals surface area contributed by atoms with Gasteiger partial charge in [0, 0.05) is 25.5 Å². The summed E-state index contributed by atoms with van der Waals surface area (Å²) in [4.78, 5) is 10.7. The van der Waals surface area contributed by atoms with Gasteiger partial charge in [0.15, 0.2) is 0 Å². The molecule has 1 aliphatic heterocycles. The van der Waals surface area contributed by atoms with Gasteiger partial charge in [-0.1, -0.05) is 30.3 Å². The number of rotatable bonds is 4. The van der Waals surface area contributed by atoms with Crippen LogP contribution in [0, 0.1) is 0 Å². The number of hydrogen-bond acceptors (Lipinski definition) is 6. The summed E-state index contributed by atoms with van der Waals surface area (Å²) in [6, 6.07) is 10.6. The van der Waals surface area contributed by atoms with Gasteiger partial charge in [0.25, 0.3) is 5.89 Å².